The molecule has 0 bridgehead atoms. The Kier molecular flexibility index (Phi) is 4.66. The van der Waals surface area contributed by atoms with Crippen molar-refractivity contribution in [1.29, 1.82) is 0 Å². The van der Waals surface area contributed by atoms with Crippen LogP contribution < -0.4 is 10.1 Å². The van der Waals surface area contributed by atoms with Gasteiger partial charge in [-0.15, -0.1) is 0 Å². The first-order valence-electron chi connectivity index (χ1n) is 6.48. The molecule has 1 fully saturated rings. The van der Waals surface area contributed by atoms with Crippen LogP contribution in [0.25, 0.3) is 0 Å². The van der Waals surface area contributed by atoms with E-state index in [0.717, 1.165) is 19.5 Å². The Hall–Kier alpha value is -1.26. The molecule has 1 atom stereocenters. The molecular formula is C14H19ClN2O2. The molecule has 0 radical (unpaired) electrons. The Bertz CT molecular complexity index is 465. The molecule has 1 heterocycles. The van der Waals surface area contributed by atoms with Gasteiger partial charge in [-0.25, -0.2) is 0 Å². The second-order valence-electron chi connectivity index (χ2n) is 4.73. The third-order valence-corrected chi connectivity index (χ3v) is 3.69. The highest BCUT2D eigenvalue weighted by molar-refractivity contribution is 6.31. The molecule has 0 aromatic heterocycles. The molecule has 19 heavy (non-hydrogen) atoms. The molecule has 0 spiro atoms. The number of nitrogens with zero attached hydrogens (tertiary/aromatic N) is 1. The van der Waals surface area contributed by atoms with E-state index in [9.17, 15) is 4.79 Å². The van der Waals surface area contributed by atoms with E-state index in [4.69, 9.17) is 16.3 Å². The molecule has 4 nitrogen and oxygen atoms in total. The van der Waals surface area contributed by atoms with Gasteiger partial charge in [0.05, 0.1) is 12.7 Å². The number of hydrogen-bond donors (Lipinski definition) is 1. The molecule has 0 saturated carbocycles. The average molecular weight is 283 g/mol. The molecule has 1 aliphatic rings. The fourth-order valence-electron chi connectivity index (χ4n) is 2.32. The molecule has 1 aromatic rings. The first-order chi connectivity index (χ1) is 9.13. The van der Waals surface area contributed by atoms with Crippen molar-refractivity contribution < 1.29 is 9.53 Å². The summed E-state index contributed by atoms with van der Waals surface area (Å²) in [6.07, 6.45) is 0.953. The number of methoxy groups -OCH3 is 1. The number of nitrogens with one attached hydrogen (secondary N) is 1. The number of benzene rings is 1. The van der Waals surface area contributed by atoms with E-state index in [0.29, 0.717) is 22.9 Å². The highest BCUT2D eigenvalue weighted by Crippen LogP contribution is 2.25. The molecule has 1 aromatic carbocycles. The largest absolute Gasteiger partial charge is 0.496 e. The van der Waals surface area contributed by atoms with Crippen LogP contribution in [0.15, 0.2) is 18.2 Å². The summed E-state index contributed by atoms with van der Waals surface area (Å²) in [7, 11) is 1.56. The lowest BCUT2D eigenvalue weighted by atomic mass is 10.1. The van der Waals surface area contributed by atoms with E-state index in [2.05, 4.69) is 12.2 Å². The minimum Gasteiger partial charge on any atom is -0.496 e. The zero-order valence-corrected chi connectivity index (χ0v) is 12.0. The van der Waals surface area contributed by atoms with Crippen molar-refractivity contribution in [3.63, 3.8) is 0 Å². The van der Waals surface area contributed by atoms with E-state index in [-0.39, 0.29) is 11.9 Å². The Morgan fingerprint density at radius 3 is 3.00 bits per heavy atom. The molecule has 1 saturated heterocycles. The molecule has 104 valence electrons. The van der Waals surface area contributed by atoms with Crippen LogP contribution in [0.2, 0.25) is 5.02 Å². The van der Waals surface area contributed by atoms with Crippen molar-refractivity contribution >= 4 is 17.5 Å². The van der Waals surface area contributed by atoms with Gasteiger partial charge in [-0.3, -0.25) is 4.79 Å². The number of amides is 1. The summed E-state index contributed by atoms with van der Waals surface area (Å²) in [5, 5.41) is 3.85. The number of rotatable bonds is 2. The van der Waals surface area contributed by atoms with E-state index >= 15 is 0 Å². The van der Waals surface area contributed by atoms with E-state index < -0.39 is 0 Å². The normalized spacial score (nSPS) is 19.9. The second kappa shape index (κ2) is 6.26. The molecule has 5 heteroatoms. The first kappa shape index (κ1) is 14.2. The van der Waals surface area contributed by atoms with Crippen LogP contribution in [0.5, 0.6) is 5.75 Å². The smallest absolute Gasteiger partial charge is 0.257 e. The third-order valence-electron chi connectivity index (χ3n) is 3.45. The van der Waals surface area contributed by atoms with Crippen LogP contribution >= 0.6 is 11.6 Å². The van der Waals surface area contributed by atoms with Crippen LogP contribution in [0.3, 0.4) is 0 Å². The van der Waals surface area contributed by atoms with Gasteiger partial charge >= 0.3 is 0 Å². The first-order valence-corrected chi connectivity index (χ1v) is 6.86. The van der Waals surface area contributed by atoms with E-state index in [1.165, 1.54) is 0 Å². The lowest BCUT2D eigenvalue weighted by molar-refractivity contribution is 0.0701. The maximum absolute atomic E-state index is 12.7. The Morgan fingerprint density at radius 1 is 1.47 bits per heavy atom. The number of carbonyl (C=O) groups excluding carboxylic acids is 1. The van der Waals surface area contributed by atoms with Crippen LogP contribution in [0.4, 0.5) is 0 Å². The van der Waals surface area contributed by atoms with Crippen LogP contribution in [0.1, 0.15) is 23.7 Å². The maximum Gasteiger partial charge on any atom is 0.257 e. The van der Waals surface area contributed by atoms with Crippen molar-refractivity contribution in [3.05, 3.63) is 28.8 Å². The third kappa shape index (κ3) is 3.19. The molecule has 1 aliphatic heterocycles. The standard InChI is InChI=1S/C14H19ClN2O2/c1-10-5-6-16-7-8-17(10)14(18)12-9-11(15)3-4-13(12)19-2/h3-4,9-10,16H,5-8H2,1-2H3. The van der Waals surface area contributed by atoms with Crippen molar-refractivity contribution in [3.8, 4) is 5.75 Å². The molecule has 0 aliphatic carbocycles. The lowest BCUT2D eigenvalue weighted by Gasteiger charge is -2.27. The van der Waals surface area contributed by atoms with Crippen molar-refractivity contribution in [2.24, 2.45) is 0 Å². The van der Waals surface area contributed by atoms with E-state index in [1.54, 1.807) is 25.3 Å². The summed E-state index contributed by atoms with van der Waals surface area (Å²) in [5.74, 6) is 0.550. The van der Waals surface area contributed by atoms with Gasteiger partial charge < -0.3 is 15.0 Å². The number of hydrogen-bond acceptors (Lipinski definition) is 3. The predicted octanol–water partition coefficient (Wildman–Crippen LogP) is 2.17. The van der Waals surface area contributed by atoms with Crippen LogP contribution in [-0.2, 0) is 0 Å². The number of carbonyl (C=O) groups is 1. The summed E-state index contributed by atoms with van der Waals surface area (Å²) in [6.45, 7) is 4.54. The molecule has 1 amide bonds. The number of halogens is 1. The summed E-state index contributed by atoms with van der Waals surface area (Å²) >= 11 is 5.99. The molecule has 2 rings (SSSR count). The monoisotopic (exact) mass is 282 g/mol. The fourth-order valence-corrected chi connectivity index (χ4v) is 2.49. The van der Waals surface area contributed by atoms with Crippen molar-refractivity contribution in [2.45, 2.75) is 19.4 Å². The minimum atomic E-state index is -0.0180. The SMILES string of the molecule is COc1ccc(Cl)cc1C(=O)N1CCNCCC1C. The van der Waals surface area contributed by atoms with Gasteiger partial charge in [0.25, 0.3) is 5.91 Å². The van der Waals surface area contributed by atoms with Crippen molar-refractivity contribution in [2.75, 3.05) is 26.7 Å². The number of ether oxygens (including phenoxy) is 1. The van der Waals surface area contributed by atoms with Gasteiger partial charge in [0.15, 0.2) is 0 Å². The topological polar surface area (TPSA) is 41.6 Å². The zero-order valence-electron chi connectivity index (χ0n) is 11.3. The fraction of sp³-hybridized carbons (Fsp3) is 0.500. The lowest BCUT2D eigenvalue weighted by Crippen LogP contribution is -2.39. The van der Waals surface area contributed by atoms with Gasteiger partial charge in [0, 0.05) is 24.2 Å². The Morgan fingerprint density at radius 2 is 2.26 bits per heavy atom. The average Bonchev–Trinajstić information content (AvgIpc) is 2.62. The Balaban J connectivity index is 2.29. The van der Waals surface area contributed by atoms with Gasteiger partial charge in [-0.2, -0.15) is 0 Å². The Labute approximate surface area is 118 Å². The summed E-state index contributed by atoms with van der Waals surface area (Å²) < 4.78 is 5.26. The van der Waals surface area contributed by atoms with Gasteiger partial charge in [-0.1, -0.05) is 11.6 Å². The minimum absolute atomic E-state index is 0.0180. The summed E-state index contributed by atoms with van der Waals surface area (Å²) in [5.41, 5.74) is 0.531. The highest BCUT2D eigenvalue weighted by atomic mass is 35.5. The van der Waals surface area contributed by atoms with E-state index in [1.807, 2.05) is 4.90 Å². The van der Waals surface area contributed by atoms with Crippen molar-refractivity contribution in [1.82, 2.24) is 10.2 Å². The van der Waals surface area contributed by atoms with Crippen LogP contribution in [-0.4, -0.2) is 43.6 Å². The van der Waals surface area contributed by atoms with Gasteiger partial charge in [0.2, 0.25) is 0 Å². The van der Waals surface area contributed by atoms with Crippen LogP contribution in [0, 0.1) is 0 Å². The zero-order chi connectivity index (χ0) is 13.8. The maximum atomic E-state index is 12.7. The predicted molar refractivity (Wildman–Crippen MR) is 76.0 cm³/mol. The molecule has 1 unspecified atom stereocenters. The highest BCUT2D eigenvalue weighted by Gasteiger charge is 2.25. The summed E-state index contributed by atoms with van der Waals surface area (Å²) in [6, 6.07) is 5.35. The second-order valence-corrected chi connectivity index (χ2v) is 5.17. The molecular weight excluding hydrogens is 264 g/mol. The summed E-state index contributed by atoms with van der Waals surface area (Å²) in [4.78, 5) is 14.5. The van der Waals surface area contributed by atoms with Gasteiger partial charge in [0.1, 0.15) is 5.75 Å². The van der Waals surface area contributed by atoms with Gasteiger partial charge in [-0.05, 0) is 38.1 Å². The quantitative estimate of drug-likeness (QED) is 0.904. The molecule has 1 N–H and O–H groups in total.